The van der Waals surface area contributed by atoms with Crippen molar-refractivity contribution >= 4 is 56.4 Å². The van der Waals surface area contributed by atoms with Crippen LogP contribution in [0, 0.1) is 0 Å². The number of nitrogens with one attached hydrogen (secondary N) is 2. The van der Waals surface area contributed by atoms with Gasteiger partial charge in [0.05, 0.1) is 15.7 Å². The molecule has 0 radical (unpaired) electrons. The third-order valence-corrected chi connectivity index (χ3v) is 9.27. The first-order valence-corrected chi connectivity index (χ1v) is 15.7. The molecule has 2 aromatic carbocycles. The number of primary sulfonamides is 1. The van der Waals surface area contributed by atoms with Crippen LogP contribution in [0.4, 0.5) is 11.4 Å². The molecule has 4 N–H and O–H groups in total. The number of rotatable bonds is 11. The van der Waals surface area contributed by atoms with Crippen molar-refractivity contribution in [2.45, 2.75) is 80.9 Å². The molecule has 0 saturated heterocycles. The Morgan fingerprint density at radius 3 is 1.76 bits per heavy atom. The van der Waals surface area contributed by atoms with E-state index in [9.17, 15) is 18.0 Å². The summed E-state index contributed by atoms with van der Waals surface area (Å²) >= 11 is 11.4. The SMILES string of the molecule is CCC1(CCCCCl)C(=O)Nc2ccc(S(N)(=O)=O)cc21.CCC1(CCCCCl)C(=O)Nc2ccccc21. The summed E-state index contributed by atoms with van der Waals surface area (Å²) < 4.78 is 23.1. The molecule has 2 aliphatic rings. The Morgan fingerprint density at radius 1 is 0.763 bits per heavy atom. The van der Waals surface area contributed by atoms with E-state index in [1.807, 2.05) is 25.1 Å². The Kier molecular flexibility index (Phi) is 10.3. The van der Waals surface area contributed by atoms with Crippen molar-refractivity contribution in [3.05, 3.63) is 53.6 Å². The van der Waals surface area contributed by atoms with Crippen LogP contribution in [0.15, 0.2) is 47.4 Å². The molecule has 0 aromatic heterocycles. The molecular weight excluding hydrogens is 545 g/mol. The van der Waals surface area contributed by atoms with Gasteiger partial charge in [-0.25, -0.2) is 13.6 Å². The molecule has 2 amide bonds. The van der Waals surface area contributed by atoms with Crippen LogP contribution in [0.3, 0.4) is 0 Å². The Balaban J connectivity index is 0.000000215. The summed E-state index contributed by atoms with van der Waals surface area (Å²) in [4.78, 5) is 24.7. The Bertz CT molecular complexity index is 1270. The maximum absolute atomic E-state index is 12.4. The molecule has 2 unspecified atom stereocenters. The standard InChI is InChI=1S/C14H19ClN2O3S.C14H18ClNO/c1-2-14(7-3-4-8-15)11-9-10(21(16,19)20)5-6-12(11)17-13(14)18;1-2-14(9-5-6-10-15)11-7-3-4-8-12(11)16-13(14)17/h5-6,9H,2-4,7-8H2,1H3,(H,17,18)(H2,16,19,20);3-4,7-8H,2,5-6,9-10H2,1H3,(H,16,17). The van der Waals surface area contributed by atoms with Crippen molar-refractivity contribution in [2.24, 2.45) is 5.14 Å². The highest BCUT2D eigenvalue weighted by Gasteiger charge is 2.45. The number of amides is 2. The van der Waals surface area contributed by atoms with Gasteiger partial charge >= 0.3 is 0 Å². The number of alkyl halides is 2. The topological polar surface area (TPSA) is 118 Å². The van der Waals surface area contributed by atoms with Crippen molar-refractivity contribution in [2.75, 3.05) is 22.4 Å². The van der Waals surface area contributed by atoms with Gasteiger partial charge in [0.2, 0.25) is 21.8 Å². The molecule has 0 spiro atoms. The molecule has 10 heteroatoms. The van der Waals surface area contributed by atoms with E-state index < -0.39 is 15.4 Å². The van der Waals surface area contributed by atoms with E-state index in [4.69, 9.17) is 28.3 Å². The van der Waals surface area contributed by atoms with Crippen molar-refractivity contribution in [3.8, 4) is 0 Å². The maximum atomic E-state index is 12.4. The van der Waals surface area contributed by atoms with Gasteiger partial charge in [0, 0.05) is 23.1 Å². The van der Waals surface area contributed by atoms with E-state index in [0.717, 1.165) is 55.3 Å². The lowest BCUT2D eigenvalue weighted by atomic mass is 9.75. The number of unbranched alkanes of at least 4 members (excludes halogenated alkanes) is 2. The zero-order valence-electron chi connectivity index (χ0n) is 22.0. The monoisotopic (exact) mass is 581 g/mol. The van der Waals surface area contributed by atoms with Gasteiger partial charge in [-0.15, -0.1) is 23.2 Å². The van der Waals surface area contributed by atoms with E-state index in [1.165, 1.54) is 12.1 Å². The minimum absolute atomic E-state index is 0.0351. The minimum Gasteiger partial charge on any atom is -0.325 e. The molecule has 2 aliphatic heterocycles. The normalized spacial score (nSPS) is 21.7. The van der Waals surface area contributed by atoms with E-state index in [2.05, 4.69) is 23.6 Å². The zero-order valence-corrected chi connectivity index (χ0v) is 24.3. The quantitative estimate of drug-likeness (QED) is 0.221. The summed E-state index contributed by atoms with van der Waals surface area (Å²) in [6, 6.07) is 12.6. The van der Waals surface area contributed by atoms with Crippen LogP contribution in [0.5, 0.6) is 0 Å². The summed E-state index contributed by atoms with van der Waals surface area (Å²) in [6.07, 6.45) is 6.57. The molecule has 7 nitrogen and oxygen atoms in total. The molecular formula is C28H37Cl2N3O4S. The average molecular weight is 583 g/mol. The number of anilines is 2. The van der Waals surface area contributed by atoms with Gasteiger partial charge in [0.15, 0.2) is 0 Å². The molecule has 38 heavy (non-hydrogen) atoms. The Hall–Kier alpha value is -2.13. The van der Waals surface area contributed by atoms with E-state index in [1.54, 1.807) is 6.07 Å². The molecule has 2 atom stereocenters. The van der Waals surface area contributed by atoms with Crippen LogP contribution in [-0.4, -0.2) is 32.0 Å². The number of hydrogen-bond acceptors (Lipinski definition) is 4. The number of carbonyl (C=O) groups excluding carboxylic acids is 2. The van der Waals surface area contributed by atoms with Crippen LogP contribution >= 0.6 is 23.2 Å². The fourth-order valence-corrected chi connectivity index (χ4v) is 6.46. The summed E-state index contributed by atoms with van der Waals surface area (Å²) in [5.41, 5.74) is 2.49. The third-order valence-electron chi connectivity index (χ3n) is 7.82. The van der Waals surface area contributed by atoms with Crippen LogP contribution in [0.1, 0.15) is 76.3 Å². The van der Waals surface area contributed by atoms with Gasteiger partial charge < -0.3 is 10.6 Å². The summed E-state index contributed by atoms with van der Waals surface area (Å²) in [7, 11) is -3.79. The lowest BCUT2D eigenvalue weighted by molar-refractivity contribution is -0.122. The number of carbonyl (C=O) groups is 2. The minimum atomic E-state index is -3.79. The maximum Gasteiger partial charge on any atom is 0.238 e. The molecule has 0 bridgehead atoms. The number of halogens is 2. The highest BCUT2D eigenvalue weighted by Crippen LogP contribution is 2.45. The van der Waals surface area contributed by atoms with Crippen LogP contribution in [0.25, 0.3) is 0 Å². The fraction of sp³-hybridized carbons (Fsp3) is 0.500. The number of sulfonamides is 1. The van der Waals surface area contributed by atoms with E-state index >= 15 is 0 Å². The highest BCUT2D eigenvalue weighted by molar-refractivity contribution is 7.89. The Labute approximate surface area is 235 Å². The number of benzene rings is 2. The van der Waals surface area contributed by atoms with Crippen molar-refractivity contribution < 1.29 is 18.0 Å². The average Bonchev–Trinajstić information content (AvgIpc) is 3.34. The van der Waals surface area contributed by atoms with Gasteiger partial charge in [-0.1, -0.05) is 44.9 Å². The largest absolute Gasteiger partial charge is 0.325 e. The predicted octanol–water partition coefficient (Wildman–Crippen LogP) is 6.04. The summed E-state index contributed by atoms with van der Waals surface area (Å²) in [5, 5.41) is 11.0. The molecule has 0 saturated carbocycles. The second-order valence-corrected chi connectivity index (χ2v) is 12.2. The number of fused-ring (bicyclic) bond motifs is 2. The summed E-state index contributed by atoms with van der Waals surface area (Å²) in [6.45, 7) is 4.02. The molecule has 0 fully saturated rings. The number of hydrogen-bond donors (Lipinski definition) is 3. The molecule has 0 aliphatic carbocycles. The smallest absolute Gasteiger partial charge is 0.238 e. The third kappa shape index (κ3) is 6.03. The van der Waals surface area contributed by atoms with E-state index in [0.29, 0.717) is 30.3 Å². The van der Waals surface area contributed by atoms with Gasteiger partial charge in [0.25, 0.3) is 0 Å². The van der Waals surface area contributed by atoms with Gasteiger partial charge in [-0.2, -0.15) is 0 Å². The first-order chi connectivity index (χ1) is 18.1. The Morgan fingerprint density at radius 2 is 1.26 bits per heavy atom. The lowest BCUT2D eigenvalue weighted by Gasteiger charge is -2.26. The predicted molar refractivity (Wildman–Crippen MR) is 155 cm³/mol. The van der Waals surface area contributed by atoms with Gasteiger partial charge in [-0.05, 0) is 73.9 Å². The van der Waals surface area contributed by atoms with Crippen LogP contribution < -0.4 is 15.8 Å². The lowest BCUT2D eigenvalue weighted by Crippen LogP contribution is -2.34. The number of para-hydroxylation sites is 1. The van der Waals surface area contributed by atoms with Crippen molar-refractivity contribution in [3.63, 3.8) is 0 Å². The first-order valence-electron chi connectivity index (χ1n) is 13.1. The molecule has 2 aromatic rings. The fourth-order valence-electron chi connectivity index (χ4n) is 5.54. The van der Waals surface area contributed by atoms with E-state index in [-0.39, 0.29) is 22.1 Å². The highest BCUT2D eigenvalue weighted by atomic mass is 35.5. The zero-order chi connectivity index (χ0) is 28.0. The molecule has 208 valence electrons. The van der Waals surface area contributed by atoms with Crippen molar-refractivity contribution in [1.29, 1.82) is 0 Å². The number of nitrogens with two attached hydrogens (primary N) is 1. The van der Waals surface area contributed by atoms with Crippen LogP contribution in [-0.2, 0) is 30.4 Å². The molecule has 4 rings (SSSR count). The molecule has 2 heterocycles. The van der Waals surface area contributed by atoms with Gasteiger partial charge in [-0.3, -0.25) is 9.59 Å². The van der Waals surface area contributed by atoms with Gasteiger partial charge in [0.1, 0.15) is 0 Å². The second-order valence-electron chi connectivity index (χ2n) is 9.87. The summed E-state index contributed by atoms with van der Waals surface area (Å²) in [5.74, 6) is 1.28. The first kappa shape index (κ1) is 30.4. The van der Waals surface area contributed by atoms with Crippen molar-refractivity contribution in [1.82, 2.24) is 0 Å². The second kappa shape index (κ2) is 12.8. The van der Waals surface area contributed by atoms with Crippen LogP contribution in [0.2, 0.25) is 0 Å².